The summed E-state index contributed by atoms with van der Waals surface area (Å²) in [5.41, 5.74) is 3.43. The van der Waals surface area contributed by atoms with E-state index >= 15 is 0 Å². The van der Waals surface area contributed by atoms with Gasteiger partial charge in [-0.25, -0.2) is 0 Å². The predicted octanol–water partition coefficient (Wildman–Crippen LogP) is 1.56. The van der Waals surface area contributed by atoms with Gasteiger partial charge < -0.3 is 24.7 Å². The first-order valence-electron chi connectivity index (χ1n) is 9.18. The molecule has 8 nitrogen and oxygen atoms in total. The Bertz CT molecular complexity index is 922. The van der Waals surface area contributed by atoms with Gasteiger partial charge in [0.1, 0.15) is 11.9 Å². The van der Waals surface area contributed by atoms with Crippen LogP contribution in [0.25, 0.3) is 0 Å². The molecule has 0 bridgehead atoms. The van der Waals surface area contributed by atoms with E-state index in [-0.39, 0.29) is 12.5 Å². The van der Waals surface area contributed by atoms with Gasteiger partial charge in [-0.1, -0.05) is 0 Å². The molecular formula is C20H21N3O5. The van der Waals surface area contributed by atoms with Gasteiger partial charge in [0.25, 0.3) is 0 Å². The fourth-order valence-electron chi connectivity index (χ4n) is 3.78. The Labute approximate surface area is 161 Å². The summed E-state index contributed by atoms with van der Waals surface area (Å²) < 4.78 is 10.5. The van der Waals surface area contributed by atoms with Crippen molar-refractivity contribution in [3.05, 3.63) is 47.4 Å². The molecule has 1 aromatic carbocycles. The highest BCUT2D eigenvalue weighted by molar-refractivity contribution is 6.39. The molecule has 0 radical (unpaired) electrons. The first-order valence-corrected chi connectivity index (χ1v) is 9.18. The number of nitrogens with one attached hydrogen (secondary N) is 2. The lowest BCUT2D eigenvalue weighted by molar-refractivity contribution is -0.136. The van der Waals surface area contributed by atoms with Gasteiger partial charge in [-0.05, 0) is 48.2 Å². The number of carbonyl (C=O) groups is 3. The van der Waals surface area contributed by atoms with Crippen molar-refractivity contribution in [2.75, 3.05) is 30.4 Å². The second-order valence-electron chi connectivity index (χ2n) is 6.87. The van der Waals surface area contributed by atoms with Gasteiger partial charge in [0.05, 0.1) is 24.9 Å². The minimum Gasteiger partial charge on any atom is -0.467 e. The Hall–Kier alpha value is -3.13. The van der Waals surface area contributed by atoms with Crippen molar-refractivity contribution in [1.82, 2.24) is 5.32 Å². The summed E-state index contributed by atoms with van der Waals surface area (Å²) in [6, 6.07) is 7.08. The summed E-state index contributed by atoms with van der Waals surface area (Å²) in [5.74, 6) is -0.880. The van der Waals surface area contributed by atoms with E-state index in [2.05, 4.69) is 10.6 Å². The van der Waals surface area contributed by atoms with Crippen molar-refractivity contribution in [2.24, 2.45) is 0 Å². The molecule has 0 spiro atoms. The quantitative estimate of drug-likeness (QED) is 0.763. The average molecular weight is 383 g/mol. The van der Waals surface area contributed by atoms with Crippen LogP contribution in [-0.2, 0) is 32.0 Å². The molecule has 3 heterocycles. The van der Waals surface area contributed by atoms with Crippen LogP contribution in [0.1, 0.15) is 29.4 Å². The normalized spacial score (nSPS) is 15.9. The average Bonchev–Trinajstić information content (AvgIpc) is 3.32. The van der Waals surface area contributed by atoms with Crippen LogP contribution in [0.4, 0.5) is 11.4 Å². The maximum atomic E-state index is 12.3. The van der Waals surface area contributed by atoms with Crippen molar-refractivity contribution in [2.45, 2.75) is 25.4 Å². The standard InChI is InChI=1S/C20H21N3O5/c1-27-16(15-5-3-7-28-15)11-21-19(25)20(26)22-14-8-12-4-2-6-23-17(24)10-13(9-14)18(12)23/h3,5,7-9,16H,2,4,6,10-11H2,1H3,(H,21,25)(H,22,26)/t16-/m0/s1. The number of nitrogens with zero attached hydrogens (tertiary/aromatic N) is 1. The number of aryl methyl sites for hydroxylation is 1. The minimum atomic E-state index is -0.765. The molecule has 1 aromatic heterocycles. The zero-order chi connectivity index (χ0) is 19.7. The van der Waals surface area contributed by atoms with Gasteiger partial charge in [0.2, 0.25) is 5.91 Å². The molecule has 4 rings (SSSR count). The van der Waals surface area contributed by atoms with Gasteiger partial charge >= 0.3 is 11.8 Å². The number of methoxy groups -OCH3 is 1. The third-order valence-corrected chi connectivity index (χ3v) is 5.07. The van der Waals surface area contributed by atoms with Crippen LogP contribution in [0.15, 0.2) is 34.9 Å². The molecule has 2 aromatic rings. The molecular weight excluding hydrogens is 362 g/mol. The molecule has 0 unspecified atom stereocenters. The molecule has 0 saturated carbocycles. The summed E-state index contributed by atoms with van der Waals surface area (Å²) in [4.78, 5) is 38.4. The van der Waals surface area contributed by atoms with Crippen LogP contribution >= 0.6 is 0 Å². The summed E-state index contributed by atoms with van der Waals surface area (Å²) in [7, 11) is 1.50. The zero-order valence-electron chi connectivity index (χ0n) is 15.5. The maximum absolute atomic E-state index is 12.3. The van der Waals surface area contributed by atoms with Gasteiger partial charge in [0, 0.05) is 19.3 Å². The molecule has 0 saturated heterocycles. The first-order chi connectivity index (χ1) is 13.6. The lowest BCUT2D eigenvalue weighted by Crippen LogP contribution is -2.38. The van der Waals surface area contributed by atoms with Crippen LogP contribution in [-0.4, -0.2) is 37.9 Å². The van der Waals surface area contributed by atoms with Crippen LogP contribution in [0.2, 0.25) is 0 Å². The summed E-state index contributed by atoms with van der Waals surface area (Å²) in [6.07, 6.45) is 3.11. The SMILES string of the molecule is CO[C@@H](CNC(=O)C(=O)Nc1cc2c3c(c1)CC(=O)N3CCC2)c1ccco1. The molecule has 8 heteroatoms. The number of hydrogen-bond acceptors (Lipinski definition) is 5. The largest absolute Gasteiger partial charge is 0.467 e. The van der Waals surface area contributed by atoms with Crippen molar-refractivity contribution < 1.29 is 23.5 Å². The van der Waals surface area contributed by atoms with Crippen molar-refractivity contribution in [3.8, 4) is 0 Å². The van der Waals surface area contributed by atoms with E-state index in [1.807, 2.05) is 11.0 Å². The summed E-state index contributed by atoms with van der Waals surface area (Å²) in [6.45, 7) is 0.846. The molecule has 3 amide bonds. The van der Waals surface area contributed by atoms with Gasteiger partial charge in [-0.15, -0.1) is 0 Å². The molecule has 2 aliphatic rings. The van der Waals surface area contributed by atoms with E-state index < -0.39 is 17.9 Å². The molecule has 146 valence electrons. The number of amides is 3. The Kier molecular flexibility index (Phi) is 4.87. The van der Waals surface area contributed by atoms with Gasteiger partial charge in [0.15, 0.2) is 0 Å². The fourth-order valence-corrected chi connectivity index (χ4v) is 3.78. The maximum Gasteiger partial charge on any atom is 0.313 e. The second kappa shape index (κ2) is 7.47. The highest BCUT2D eigenvalue weighted by Crippen LogP contribution is 2.38. The molecule has 2 N–H and O–H groups in total. The lowest BCUT2D eigenvalue weighted by atomic mass is 9.99. The van der Waals surface area contributed by atoms with E-state index in [9.17, 15) is 14.4 Å². The Morgan fingerprint density at radius 1 is 1.29 bits per heavy atom. The zero-order valence-corrected chi connectivity index (χ0v) is 15.5. The molecule has 2 aliphatic heterocycles. The van der Waals surface area contributed by atoms with E-state index in [1.54, 1.807) is 18.2 Å². The molecule has 1 atom stereocenters. The predicted molar refractivity (Wildman–Crippen MR) is 101 cm³/mol. The van der Waals surface area contributed by atoms with E-state index in [0.29, 0.717) is 17.9 Å². The van der Waals surface area contributed by atoms with Crippen LogP contribution in [0, 0.1) is 0 Å². The Morgan fingerprint density at radius 2 is 2.11 bits per heavy atom. The highest BCUT2D eigenvalue weighted by Gasteiger charge is 2.32. The summed E-state index contributed by atoms with van der Waals surface area (Å²) in [5, 5.41) is 5.18. The number of anilines is 2. The third kappa shape index (κ3) is 3.38. The van der Waals surface area contributed by atoms with E-state index in [4.69, 9.17) is 9.15 Å². The topological polar surface area (TPSA) is 101 Å². The Balaban J connectivity index is 1.41. The third-order valence-electron chi connectivity index (χ3n) is 5.07. The number of carbonyl (C=O) groups excluding carboxylic acids is 3. The minimum absolute atomic E-state index is 0.0840. The van der Waals surface area contributed by atoms with Crippen molar-refractivity contribution in [1.29, 1.82) is 0 Å². The van der Waals surface area contributed by atoms with Crippen LogP contribution < -0.4 is 15.5 Å². The highest BCUT2D eigenvalue weighted by atomic mass is 16.5. The number of benzene rings is 1. The van der Waals surface area contributed by atoms with E-state index in [1.165, 1.54) is 13.4 Å². The molecule has 28 heavy (non-hydrogen) atoms. The van der Waals surface area contributed by atoms with Gasteiger partial charge in [-0.2, -0.15) is 0 Å². The smallest absolute Gasteiger partial charge is 0.313 e. The monoisotopic (exact) mass is 383 g/mol. The summed E-state index contributed by atoms with van der Waals surface area (Å²) >= 11 is 0. The first kappa shape index (κ1) is 18.2. The second-order valence-corrected chi connectivity index (χ2v) is 6.87. The Morgan fingerprint density at radius 3 is 2.86 bits per heavy atom. The fraction of sp³-hybridized carbons (Fsp3) is 0.350. The number of rotatable bonds is 5. The molecule has 0 fully saturated rings. The number of ether oxygens (including phenoxy) is 1. The number of hydrogen-bond donors (Lipinski definition) is 2. The lowest BCUT2D eigenvalue weighted by Gasteiger charge is -2.26. The van der Waals surface area contributed by atoms with Gasteiger partial charge in [-0.3, -0.25) is 14.4 Å². The van der Waals surface area contributed by atoms with Crippen LogP contribution in [0.3, 0.4) is 0 Å². The van der Waals surface area contributed by atoms with Crippen molar-refractivity contribution in [3.63, 3.8) is 0 Å². The van der Waals surface area contributed by atoms with Crippen molar-refractivity contribution >= 4 is 29.1 Å². The van der Waals surface area contributed by atoms with E-state index in [0.717, 1.165) is 36.2 Å². The number of furan rings is 1. The van der Waals surface area contributed by atoms with Crippen LogP contribution in [0.5, 0.6) is 0 Å². The molecule has 0 aliphatic carbocycles.